The van der Waals surface area contributed by atoms with E-state index in [1.807, 2.05) is 37.3 Å². The fourth-order valence-corrected chi connectivity index (χ4v) is 3.24. The predicted octanol–water partition coefficient (Wildman–Crippen LogP) is 4.27. The second-order valence-electron chi connectivity index (χ2n) is 6.96. The van der Waals surface area contributed by atoms with E-state index in [2.05, 4.69) is 25.5 Å². The molecular formula is C22H22ClN5O2. The molecule has 0 saturated carbocycles. The van der Waals surface area contributed by atoms with Crippen LogP contribution in [0.5, 0.6) is 0 Å². The Hall–Kier alpha value is -3.16. The highest BCUT2D eigenvalue weighted by molar-refractivity contribution is 6.30. The Bertz CT molecular complexity index is 1020. The summed E-state index contributed by atoms with van der Waals surface area (Å²) < 4.78 is 5.40. The monoisotopic (exact) mass is 423 g/mol. The number of benzene rings is 2. The van der Waals surface area contributed by atoms with Crippen molar-refractivity contribution in [3.8, 4) is 0 Å². The van der Waals surface area contributed by atoms with Crippen LogP contribution in [0.1, 0.15) is 16.1 Å². The number of hydrogen-bond donors (Lipinski definition) is 2. The van der Waals surface area contributed by atoms with Gasteiger partial charge in [0.2, 0.25) is 5.95 Å². The summed E-state index contributed by atoms with van der Waals surface area (Å²) in [4.78, 5) is 23.6. The van der Waals surface area contributed by atoms with Gasteiger partial charge in [-0.3, -0.25) is 4.79 Å². The SMILES string of the molecule is Cc1cc(Nc2ccc(NC(=O)c3ccc(Cl)cc3)cc2)nc(N2CCOCC2)n1. The molecule has 0 spiro atoms. The van der Waals surface area contributed by atoms with Crippen molar-refractivity contribution in [1.29, 1.82) is 0 Å². The third-order valence-electron chi connectivity index (χ3n) is 4.66. The molecular weight excluding hydrogens is 402 g/mol. The van der Waals surface area contributed by atoms with Crippen molar-refractivity contribution in [3.63, 3.8) is 0 Å². The number of halogens is 1. The third kappa shape index (κ3) is 5.06. The first kappa shape index (κ1) is 20.1. The van der Waals surface area contributed by atoms with Crippen LogP contribution in [-0.2, 0) is 4.74 Å². The van der Waals surface area contributed by atoms with Crippen LogP contribution >= 0.6 is 11.6 Å². The lowest BCUT2D eigenvalue weighted by atomic mass is 10.2. The van der Waals surface area contributed by atoms with Gasteiger partial charge in [-0.25, -0.2) is 4.98 Å². The minimum Gasteiger partial charge on any atom is -0.378 e. The van der Waals surface area contributed by atoms with Crippen LogP contribution < -0.4 is 15.5 Å². The predicted molar refractivity (Wildman–Crippen MR) is 119 cm³/mol. The first-order valence-corrected chi connectivity index (χ1v) is 10.1. The van der Waals surface area contributed by atoms with Crippen LogP contribution in [0.15, 0.2) is 54.6 Å². The average Bonchev–Trinajstić information content (AvgIpc) is 2.76. The van der Waals surface area contributed by atoms with Crippen molar-refractivity contribution in [1.82, 2.24) is 9.97 Å². The van der Waals surface area contributed by atoms with Crippen molar-refractivity contribution in [3.05, 3.63) is 70.9 Å². The summed E-state index contributed by atoms with van der Waals surface area (Å²) in [6.07, 6.45) is 0. The number of anilines is 4. The van der Waals surface area contributed by atoms with Gasteiger partial charge in [-0.1, -0.05) is 11.6 Å². The molecule has 0 radical (unpaired) electrons. The number of hydrogen-bond acceptors (Lipinski definition) is 6. The minimum absolute atomic E-state index is 0.186. The number of carbonyl (C=O) groups excluding carboxylic acids is 1. The molecule has 30 heavy (non-hydrogen) atoms. The number of amides is 1. The molecule has 1 aromatic heterocycles. The molecule has 1 amide bonds. The molecule has 1 aliphatic heterocycles. The van der Waals surface area contributed by atoms with E-state index >= 15 is 0 Å². The van der Waals surface area contributed by atoms with Crippen LogP contribution in [0.4, 0.5) is 23.1 Å². The zero-order chi connectivity index (χ0) is 20.9. The van der Waals surface area contributed by atoms with Crippen LogP contribution in [0.3, 0.4) is 0 Å². The van der Waals surface area contributed by atoms with Gasteiger partial charge in [0.1, 0.15) is 5.82 Å². The second kappa shape index (κ2) is 9.11. The fraction of sp³-hybridized carbons (Fsp3) is 0.227. The Balaban J connectivity index is 1.42. The van der Waals surface area contributed by atoms with Crippen LogP contribution in [0.25, 0.3) is 0 Å². The minimum atomic E-state index is -0.186. The normalized spacial score (nSPS) is 13.7. The molecule has 0 bridgehead atoms. The number of aryl methyl sites for hydroxylation is 1. The van der Waals surface area contributed by atoms with Gasteiger partial charge in [-0.15, -0.1) is 0 Å². The van der Waals surface area contributed by atoms with Crippen molar-refractivity contribution >= 4 is 40.6 Å². The van der Waals surface area contributed by atoms with E-state index in [9.17, 15) is 4.79 Å². The summed E-state index contributed by atoms with van der Waals surface area (Å²) in [5.41, 5.74) is 3.01. The van der Waals surface area contributed by atoms with Crippen molar-refractivity contribution in [2.24, 2.45) is 0 Å². The number of morpholine rings is 1. The number of nitrogens with zero attached hydrogens (tertiary/aromatic N) is 3. The van der Waals surface area contributed by atoms with Crippen LogP contribution in [-0.4, -0.2) is 42.2 Å². The zero-order valence-electron chi connectivity index (χ0n) is 16.6. The largest absolute Gasteiger partial charge is 0.378 e. The van der Waals surface area contributed by atoms with Crippen LogP contribution in [0, 0.1) is 6.92 Å². The van der Waals surface area contributed by atoms with E-state index in [1.165, 1.54) is 0 Å². The highest BCUT2D eigenvalue weighted by Crippen LogP contribution is 2.21. The van der Waals surface area contributed by atoms with E-state index < -0.39 is 0 Å². The van der Waals surface area contributed by atoms with E-state index in [1.54, 1.807) is 24.3 Å². The van der Waals surface area contributed by atoms with Gasteiger partial charge in [0, 0.05) is 46.8 Å². The molecule has 3 aromatic rings. The summed E-state index contributed by atoms with van der Waals surface area (Å²) in [5, 5.41) is 6.78. The topological polar surface area (TPSA) is 79.4 Å². The molecule has 8 heteroatoms. The molecule has 7 nitrogen and oxygen atoms in total. The Morgan fingerprint density at radius 1 is 1.00 bits per heavy atom. The molecule has 1 aliphatic rings. The smallest absolute Gasteiger partial charge is 0.255 e. The van der Waals surface area contributed by atoms with E-state index in [-0.39, 0.29) is 5.91 Å². The number of nitrogens with one attached hydrogen (secondary N) is 2. The third-order valence-corrected chi connectivity index (χ3v) is 4.91. The Morgan fingerprint density at radius 3 is 2.37 bits per heavy atom. The maximum atomic E-state index is 12.3. The molecule has 1 saturated heterocycles. The Labute approximate surface area is 180 Å². The maximum absolute atomic E-state index is 12.3. The summed E-state index contributed by atoms with van der Waals surface area (Å²) in [5.74, 6) is 1.24. The van der Waals surface area contributed by atoms with Gasteiger partial charge < -0.3 is 20.3 Å². The standard InChI is InChI=1S/C22H22ClN5O2/c1-15-14-20(27-22(24-15)28-10-12-30-13-11-28)25-18-6-8-19(9-7-18)26-21(29)16-2-4-17(23)5-3-16/h2-9,14H,10-13H2,1H3,(H,26,29)(H,24,25,27). The van der Waals surface area contributed by atoms with Crippen molar-refractivity contribution in [2.75, 3.05) is 41.8 Å². The molecule has 0 unspecified atom stereocenters. The van der Waals surface area contributed by atoms with Gasteiger partial charge in [-0.2, -0.15) is 4.98 Å². The van der Waals surface area contributed by atoms with E-state index in [0.717, 1.165) is 30.3 Å². The molecule has 154 valence electrons. The molecule has 4 rings (SSSR count). The molecule has 1 fully saturated rings. The maximum Gasteiger partial charge on any atom is 0.255 e. The molecule has 2 heterocycles. The molecule has 0 aliphatic carbocycles. The number of rotatable bonds is 5. The Kier molecular flexibility index (Phi) is 6.11. The van der Waals surface area contributed by atoms with Gasteiger partial charge in [-0.05, 0) is 55.5 Å². The van der Waals surface area contributed by atoms with Gasteiger partial charge in [0.25, 0.3) is 5.91 Å². The lowest BCUT2D eigenvalue weighted by molar-refractivity contribution is 0.102. The Morgan fingerprint density at radius 2 is 1.67 bits per heavy atom. The average molecular weight is 424 g/mol. The van der Waals surface area contributed by atoms with Crippen LogP contribution in [0.2, 0.25) is 5.02 Å². The summed E-state index contributed by atoms with van der Waals surface area (Å²) in [6, 6.07) is 16.1. The highest BCUT2D eigenvalue weighted by atomic mass is 35.5. The summed E-state index contributed by atoms with van der Waals surface area (Å²) >= 11 is 5.87. The van der Waals surface area contributed by atoms with Crippen molar-refractivity contribution in [2.45, 2.75) is 6.92 Å². The fourth-order valence-electron chi connectivity index (χ4n) is 3.11. The first-order chi connectivity index (χ1) is 14.6. The van der Waals surface area contributed by atoms with E-state index in [4.69, 9.17) is 16.3 Å². The van der Waals surface area contributed by atoms with Gasteiger partial charge in [0.05, 0.1) is 13.2 Å². The summed E-state index contributed by atoms with van der Waals surface area (Å²) in [7, 11) is 0. The first-order valence-electron chi connectivity index (χ1n) is 9.69. The molecule has 0 atom stereocenters. The summed E-state index contributed by atoms with van der Waals surface area (Å²) in [6.45, 7) is 4.88. The second-order valence-corrected chi connectivity index (χ2v) is 7.39. The highest BCUT2D eigenvalue weighted by Gasteiger charge is 2.15. The quantitative estimate of drug-likeness (QED) is 0.638. The lowest BCUT2D eigenvalue weighted by Gasteiger charge is -2.27. The molecule has 2 N–H and O–H groups in total. The van der Waals surface area contributed by atoms with Crippen molar-refractivity contribution < 1.29 is 9.53 Å². The number of carbonyl (C=O) groups is 1. The number of aromatic nitrogens is 2. The molecule has 2 aromatic carbocycles. The van der Waals surface area contributed by atoms with E-state index in [0.29, 0.717) is 35.4 Å². The number of ether oxygens (including phenoxy) is 1. The zero-order valence-corrected chi connectivity index (χ0v) is 17.3. The van der Waals surface area contributed by atoms with Gasteiger partial charge >= 0.3 is 0 Å². The lowest BCUT2D eigenvalue weighted by Crippen LogP contribution is -2.37. The van der Waals surface area contributed by atoms with Gasteiger partial charge in [0.15, 0.2) is 0 Å².